The third-order valence-corrected chi connectivity index (χ3v) is 3.04. The largest absolute Gasteiger partial charge is 0.345 e. The molecular weight excluding hydrogens is 318 g/mol. The zero-order valence-electron chi connectivity index (χ0n) is 15.9. The molecule has 1 rings (SSSR count). The van der Waals surface area contributed by atoms with Crippen LogP contribution in [-0.4, -0.2) is 30.2 Å². The van der Waals surface area contributed by atoms with Crippen molar-refractivity contribution in [2.75, 3.05) is 18.6 Å². The molecule has 0 aliphatic carbocycles. The van der Waals surface area contributed by atoms with Gasteiger partial charge in [0.1, 0.15) is 0 Å². The van der Waals surface area contributed by atoms with Gasteiger partial charge in [-0.3, -0.25) is 9.59 Å². The van der Waals surface area contributed by atoms with Crippen molar-refractivity contribution in [1.82, 2.24) is 5.32 Å². The molecular formula is C20H31NO2S. The van der Waals surface area contributed by atoms with Crippen molar-refractivity contribution in [1.29, 1.82) is 0 Å². The highest BCUT2D eigenvalue weighted by atomic mass is 32.2. The maximum absolute atomic E-state index is 11.3. The van der Waals surface area contributed by atoms with E-state index in [9.17, 15) is 9.59 Å². The Balaban J connectivity index is 0. The zero-order chi connectivity index (χ0) is 18.8. The number of thioether (sulfide) groups is 1. The van der Waals surface area contributed by atoms with E-state index in [0.717, 1.165) is 11.3 Å². The Kier molecular flexibility index (Phi) is 18.0. The summed E-state index contributed by atoms with van der Waals surface area (Å²) in [6, 6.07) is 7.12. The predicted octanol–water partition coefficient (Wildman–Crippen LogP) is 4.55. The Morgan fingerprint density at radius 3 is 2.12 bits per heavy atom. The van der Waals surface area contributed by atoms with Crippen molar-refractivity contribution >= 4 is 23.5 Å². The molecule has 134 valence electrons. The lowest BCUT2D eigenvalue weighted by Crippen LogP contribution is -2.23. The maximum atomic E-state index is 11.3. The van der Waals surface area contributed by atoms with Crippen molar-refractivity contribution in [3.05, 3.63) is 35.4 Å². The van der Waals surface area contributed by atoms with E-state index in [1.165, 1.54) is 13.3 Å². The van der Waals surface area contributed by atoms with Crippen molar-refractivity contribution in [3.8, 4) is 11.8 Å². The van der Waals surface area contributed by atoms with Crippen molar-refractivity contribution in [2.45, 2.75) is 47.5 Å². The lowest BCUT2D eigenvalue weighted by atomic mass is 10.1. The van der Waals surface area contributed by atoms with Crippen molar-refractivity contribution < 1.29 is 9.59 Å². The second kappa shape index (κ2) is 17.6. The van der Waals surface area contributed by atoms with Crippen LogP contribution in [0.25, 0.3) is 0 Å². The smallest absolute Gasteiger partial charge is 0.221 e. The normalized spacial score (nSPS) is 8.42. The van der Waals surface area contributed by atoms with Crippen LogP contribution in [0.2, 0.25) is 0 Å². The van der Waals surface area contributed by atoms with Gasteiger partial charge in [0, 0.05) is 23.3 Å². The first-order valence-electron chi connectivity index (χ1n) is 8.40. The van der Waals surface area contributed by atoms with E-state index in [-0.39, 0.29) is 11.7 Å². The molecule has 0 radical (unpaired) electrons. The number of Topliss-reactive ketones (excluding diaryl/α,β-unsaturated/α-hetero) is 1. The van der Waals surface area contributed by atoms with Gasteiger partial charge in [0.2, 0.25) is 5.91 Å². The molecule has 3 nitrogen and oxygen atoms in total. The molecule has 0 fully saturated rings. The summed E-state index contributed by atoms with van der Waals surface area (Å²) in [5.41, 5.74) is 1.51. The minimum absolute atomic E-state index is 0.0237. The van der Waals surface area contributed by atoms with Gasteiger partial charge < -0.3 is 5.32 Å². The van der Waals surface area contributed by atoms with E-state index in [1.807, 2.05) is 20.1 Å². The third-order valence-electron chi connectivity index (χ3n) is 2.43. The van der Waals surface area contributed by atoms with E-state index < -0.39 is 0 Å². The summed E-state index contributed by atoms with van der Waals surface area (Å²) in [7, 11) is 0. The standard InChI is InChI=1S/C15H17NO2S.C3H8.C2H6/c1-12(17)14-7-5-13(6-8-14)4-3-10-16-15(18)9-11-19-2;1-3-2;1-2/h5-8H,9-11H2,1-2H3,(H,16,18);3H2,1-2H3;1-2H3. The van der Waals surface area contributed by atoms with Crippen LogP contribution in [0.5, 0.6) is 0 Å². The summed E-state index contributed by atoms with van der Waals surface area (Å²) < 4.78 is 0. The van der Waals surface area contributed by atoms with Crippen LogP contribution in [0, 0.1) is 11.8 Å². The van der Waals surface area contributed by atoms with Gasteiger partial charge in [-0.2, -0.15) is 11.8 Å². The van der Waals surface area contributed by atoms with Crippen LogP contribution < -0.4 is 5.32 Å². The van der Waals surface area contributed by atoms with E-state index in [4.69, 9.17) is 0 Å². The topological polar surface area (TPSA) is 46.2 Å². The van der Waals surface area contributed by atoms with Gasteiger partial charge in [-0.05, 0) is 25.3 Å². The molecule has 1 N–H and O–H groups in total. The monoisotopic (exact) mass is 349 g/mol. The van der Waals surface area contributed by atoms with Gasteiger partial charge in [0.25, 0.3) is 0 Å². The Bertz CT molecular complexity index is 513. The van der Waals surface area contributed by atoms with E-state index >= 15 is 0 Å². The minimum Gasteiger partial charge on any atom is -0.345 e. The maximum Gasteiger partial charge on any atom is 0.221 e. The van der Waals surface area contributed by atoms with Crippen LogP contribution in [0.3, 0.4) is 0 Å². The summed E-state index contributed by atoms with van der Waals surface area (Å²) in [6.45, 7) is 10.1. The molecule has 0 atom stereocenters. The quantitative estimate of drug-likeness (QED) is 0.626. The minimum atomic E-state index is 0.0237. The van der Waals surface area contributed by atoms with Crippen LogP contribution in [0.15, 0.2) is 24.3 Å². The summed E-state index contributed by atoms with van der Waals surface area (Å²) in [5.74, 6) is 6.72. The third kappa shape index (κ3) is 13.9. The van der Waals surface area contributed by atoms with Crippen LogP contribution >= 0.6 is 11.8 Å². The lowest BCUT2D eigenvalue weighted by molar-refractivity contribution is -0.120. The fraction of sp³-hybridized carbons (Fsp3) is 0.500. The molecule has 0 saturated carbocycles. The van der Waals surface area contributed by atoms with Crippen LogP contribution in [-0.2, 0) is 4.79 Å². The summed E-state index contributed by atoms with van der Waals surface area (Å²) in [4.78, 5) is 22.4. The van der Waals surface area contributed by atoms with Gasteiger partial charge >= 0.3 is 0 Å². The molecule has 1 amide bonds. The molecule has 0 aliphatic rings. The van der Waals surface area contributed by atoms with E-state index in [2.05, 4.69) is 31.0 Å². The van der Waals surface area contributed by atoms with Gasteiger partial charge in [-0.15, -0.1) is 0 Å². The number of nitrogens with one attached hydrogen (secondary N) is 1. The highest BCUT2D eigenvalue weighted by Gasteiger charge is 1.98. The fourth-order valence-corrected chi connectivity index (χ4v) is 1.75. The molecule has 1 aromatic carbocycles. The molecule has 0 saturated heterocycles. The highest BCUT2D eigenvalue weighted by molar-refractivity contribution is 7.98. The van der Waals surface area contributed by atoms with Gasteiger partial charge in [-0.1, -0.05) is 58.1 Å². The molecule has 0 aromatic heterocycles. The number of amides is 1. The Morgan fingerprint density at radius 2 is 1.67 bits per heavy atom. The summed E-state index contributed by atoms with van der Waals surface area (Å²) >= 11 is 1.65. The SMILES string of the molecule is CC.CCC.CSCCC(=O)NCC#Cc1ccc(C(C)=O)cc1. The number of hydrogen-bond donors (Lipinski definition) is 1. The number of ketones is 1. The molecule has 0 bridgehead atoms. The molecule has 0 unspecified atom stereocenters. The Hall–Kier alpha value is -1.73. The second-order valence-electron chi connectivity index (χ2n) is 4.66. The van der Waals surface area contributed by atoms with Crippen LogP contribution in [0.1, 0.15) is 63.4 Å². The number of carbonyl (C=O) groups excluding carboxylic acids is 2. The number of carbonyl (C=O) groups is 2. The fourth-order valence-electron chi connectivity index (χ4n) is 1.36. The van der Waals surface area contributed by atoms with Gasteiger partial charge in [0.15, 0.2) is 5.78 Å². The Labute approximate surface area is 152 Å². The van der Waals surface area contributed by atoms with Crippen molar-refractivity contribution in [3.63, 3.8) is 0 Å². The predicted molar refractivity (Wildman–Crippen MR) is 107 cm³/mol. The van der Waals surface area contributed by atoms with E-state index in [1.54, 1.807) is 36.0 Å². The summed E-state index contributed by atoms with van der Waals surface area (Å²) in [6.07, 6.45) is 3.74. The molecule has 4 heteroatoms. The average molecular weight is 350 g/mol. The van der Waals surface area contributed by atoms with E-state index in [0.29, 0.717) is 18.5 Å². The molecule has 0 spiro atoms. The number of benzene rings is 1. The summed E-state index contributed by atoms with van der Waals surface area (Å²) in [5, 5.41) is 2.74. The highest BCUT2D eigenvalue weighted by Crippen LogP contribution is 2.03. The second-order valence-corrected chi connectivity index (χ2v) is 5.65. The van der Waals surface area contributed by atoms with Crippen LogP contribution in [0.4, 0.5) is 0 Å². The van der Waals surface area contributed by atoms with Gasteiger partial charge in [-0.25, -0.2) is 0 Å². The molecule has 1 aromatic rings. The van der Waals surface area contributed by atoms with Gasteiger partial charge in [0.05, 0.1) is 6.54 Å². The van der Waals surface area contributed by atoms with Crippen molar-refractivity contribution in [2.24, 2.45) is 0 Å². The Morgan fingerprint density at radius 1 is 1.12 bits per heavy atom. The number of rotatable bonds is 5. The number of hydrogen-bond acceptors (Lipinski definition) is 3. The average Bonchev–Trinajstić information content (AvgIpc) is 2.59. The molecule has 0 heterocycles. The lowest BCUT2D eigenvalue weighted by Gasteiger charge is -1.98. The molecule has 0 aliphatic heterocycles. The first-order valence-corrected chi connectivity index (χ1v) is 9.80. The first kappa shape index (κ1) is 24.5. The zero-order valence-corrected chi connectivity index (χ0v) is 16.7. The molecule has 24 heavy (non-hydrogen) atoms. The first-order chi connectivity index (χ1) is 11.5.